The first-order valence-corrected chi connectivity index (χ1v) is 8.66. The lowest BCUT2D eigenvalue weighted by Crippen LogP contribution is -2.21. The van der Waals surface area contributed by atoms with Crippen molar-refractivity contribution in [2.75, 3.05) is 0 Å². The topological polar surface area (TPSA) is 60.4 Å². The molecular formula is C20H31O3-. The Balaban J connectivity index is 3.53. The summed E-state index contributed by atoms with van der Waals surface area (Å²) in [6, 6.07) is 0. The highest BCUT2D eigenvalue weighted by atomic mass is 16.4. The molecule has 3 heteroatoms. The summed E-state index contributed by atoms with van der Waals surface area (Å²) in [6.45, 7) is 2.12. The number of aliphatic hydroxyl groups excluding tert-OH is 1. The zero-order chi connectivity index (χ0) is 17.2. The Morgan fingerprint density at radius 1 is 0.957 bits per heavy atom. The third-order valence-electron chi connectivity index (χ3n) is 3.28. The highest BCUT2D eigenvalue weighted by Gasteiger charge is 1.95. The van der Waals surface area contributed by atoms with E-state index in [0.29, 0.717) is 6.42 Å². The van der Waals surface area contributed by atoms with Crippen LogP contribution in [-0.2, 0) is 4.79 Å². The van der Waals surface area contributed by atoms with Crippen LogP contribution in [0.5, 0.6) is 0 Å². The number of aliphatic carboxylic acids is 1. The molecule has 0 aromatic rings. The summed E-state index contributed by atoms with van der Waals surface area (Å²) < 4.78 is 0. The highest BCUT2D eigenvalue weighted by Crippen LogP contribution is 2.02. The summed E-state index contributed by atoms with van der Waals surface area (Å²) in [5.74, 6) is -0.976. The Hall–Kier alpha value is -1.61. The molecule has 1 atom stereocenters. The van der Waals surface area contributed by atoms with Crippen molar-refractivity contribution in [3.05, 3.63) is 48.6 Å². The number of unbranched alkanes of at least 4 members (excludes halogenated alkanes) is 2. The van der Waals surface area contributed by atoms with Gasteiger partial charge in [0.05, 0.1) is 6.10 Å². The molecule has 0 aromatic heterocycles. The van der Waals surface area contributed by atoms with E-state index in [1.165, 1.54) is 0 Å². The normalized spacial score (nSPS) is 13.8. The van der Waals surface area contributed by atoms with Crippen molar-refractivity contribution >= 4 is 5.97 Å². The molecule has 0 saturated heterocycles. The number of carbonyl (C=O) groups is 1. The fourth-order valence-corrected chi connectivity index (χ4v) is 1.94. The largest absolute Gasteiger partial charge is 0.550 e. The second-order valence-corrected chi connectivity index (χ2v) is 5.52. The summed E-state index contributed by atoms with van der Waals surface area (Å²) in [5.41, 5.74) is 0. The van der Waals surface area contributed by atoms with Crippen LogP contribution < -0.4 is 5.11 Å². The second kappa shape index (κ2) is 16.8. The predicted molar refractivity (Wildman–Crippen MR) is 94.8 cm³/mol. The minimum atomic E-state index is -0.976. The van der Waals surface area contributed by atoms with Gasteiger partial charge in [0.15, 0.2) is 0 Å². The number of carbonyl (C=O) groups excluding carboxylic acids is 1. The molecule has 0 saturated carbocycles. The van der Waals surface area contributed by atoms with Gasteiger partial charge < -0.3 is 15.0 Å². The Bertz CT molecular complexity index is 392. The van der Waals surface area contributed by atoms with E-state index in [1.54, 1.807) is 0 Å². The number of carboxylic acids is 1. The van der Waals surface area contributed by atoms with Crippen LogP contribution in [0.1, 0.15) is 64.7 Å². The van der Waals surface area contributed by atoms with Gasteiger partial charge in [-0.1, -0.05) is 68.4 Å². The minimum absolute atomic E-state index is 0.134. The van der Waals surface area contributed by atoms with E-state index in [-0.39, 0.29) is 12.5 Å². The molecule has 0 aliphatic rings. The first-order chi connectivity index (χ1) is 11.2. The van der Waals surface area contributed by atoms with Crippen molar-refractivity contribution in [2.24, 2.45) is 0 Å². The van der Waals surface area contributed by atoms with Crippen LogP contribution in [0.4, 0.5) is 0 Å². The molecule has 3 nitrogen and oxygen atoms in total. The Kier molecular flexibility index (Phi) is 15.6. The predicted octanol–water partition coefficient (Wildman–Crippen LogP) is 3.85. The fourth-order valence-electron chi connectivity index (χ4n) is 1.94. The maximum absolute atomic E-state index is 10.2. The molecule has 0 spiro atoms. The molecule has 0 aliphatic carbocycles. The van der Waals surface area contributed by atoms with E-state index in [4.69, 9.17) is 0 Å². The van der Waals surface area contributed by atoms with Gasteiger partial charge in [-0.3, -0.25) is 0 Å². The number of hydrogen-bond acceptors (Lipinski definition) is 3. The van der Waals surface area contributed by atoms with Gasteiger partial charge in [0.25, 0.3) is 0 Å². The molecule has 0 rings (SSSR count). The third-order valence-corrected chi connectivity index (χ3v) is 3.28. The number of carboxylic acid groups (broad SMARTS) is 1. The summed E-state index contributed by atoms with van der Waals surface area (Å²) in [4.78, 5) is 10.2. The molecule has 130 valence electrons. The van der Waals surface area contributed by atoms with Crippen LogP contribution in [0.2, 0.25) is 0 Å². The monoisotopic (exact) mass is 319 g/mol. The highest BCUT2D eigenvalue weighted by molar-refractivity contribution is 5.64. The van der Waals surface area contributed by atoms with E-state index < -0.39 is 5.97 Å². The Morgan fingerprint density at radius 2 is 1.52 bits per heavy atom. The molecule has 0 bridgehead atoms. The van der Waals surface area contributed by atoms with E-state index in [9.17, 15) is 15.0 Å². The van der Waals surface area contributed by atoms with Crippen molar-refractivity contribution < 1.29 is 15.0 Å². The summed E-state index contributed by atoms with van der Waals surface area (Å²) in [5, 5.41) is 19.8. The molecular weight excluding hydrogens is 288 g/mol. The van der Waals surface area contributed by atoms with Gasteiger partial charge in [-0.15, -0.1) is 0 Å². The second-order valence-electron chi connectivity index (χ2n) is 5.52. The maximum atomic E-state index is 10.2. The van der Waals surface area contributed by atoms with Crippen molar-refractivity contribution in [1.29, 1.82) is 0 Å². The molecule has 1 N–H and O–H groups in total. The molecule has 0 heterocycles. The summed E-state index contributed by atoms with van der Waals surface area (Å²) >= 11 is 0. The summed E-state index contributed by atoms with van der Waals surface area (Å²) in [6.07, 6.45) is 23.3. The van der Waals surface area contributed by atoms with Gasteiger partial charge in [0, 0.05) is 5.97 Å². The zero-order valence-corrected chi connectivity index (χ0v) is 14.3. The minimum Gasteiger partial charge on any atom is -0.550 e. The standard InChI is InChI=1S/C20H32O3/c1-2-3-16-19(21)17-14-12-10-8-6-4-5-7-9-11-13-15-18-20(22)23/h4-5,8-11,14,17,19,21H,2-3,6-7,12-13,15-16,18H2,1H3,(H,22,23)/p-1/b5-4-,10-8-,11-9-,17-14-. The molecule has 0 aromatic carbocycles. The number of rotatable bonds is 14. The lowest BCUT2D eigenvalue weighted by atomic mass is 10.1. The molecule has 0 amide bonds. The van der Waals surface area contributed by atoms with E-state index in [1.807, 2.05) is 18.2 Å². The van der Waals surface area contributed by atoms with Gasteiger partial charge in [0.2, 0.25) is 0 Å². The van der Waals surface area contributed by atoms with Crippen molar-refractivity contribution in [3.8, 4) is 0 Å². The molecule has 0 fully saturated rings. The number of hydrogen-bond donors (Lipinski definition) is 1. The first kappa shape index (κ1) is 21.4. The van der Waals surface area contributed by atoms with Crippen LogP contribution in [0.25, 0.3) is 0 Å². The van der Waals surface area contributed by atoms with E-state index in [2.05, 4.69) is 37.3 Å². The van der Waals surface area contributed by atoms with Crippen LogP contribution in [0, 0.1) is 0 Å². The fraction of sp³-hybridized carbons (Fsp3) is 0.550. The van der Waals surface area contributed by atoms with Gasteiger partial charge in [-0.2, -0.15) is 0 Å². The Labute approximate surface area is 141 Å². The third kappa shape index (κ3) is 18.3. The average Bonchev–Trinajstić information content (AvgIpc) is 2.52. The number of allylic oxidation sites excluding steroid dienone is 7. The van der Waals surface area contributed by atoms with Crippen LogP contribution in [0.15, 0.2) is 48.6 Å². The SMILES string of the molecule is CCCCC(O)/C=C\C/C=C\C/C=C\C/C=C\CCCC(=O)[O-]. The van der Waals surface area contributed by atoms with Crippen LogP contribution >= 0.6 is 0 Å². The lowest BCUT2D eigenvalue weighted by molar-refractivity contribution is -0.305. The van der Waals surface area contributed by atoms with Gasteiger partial charge in [-0.05, 0) is 44.9 Å². The average molecular weight is 319 g/mol. The van der Waals surface area contributed by atoms with E-state index in [0.717, 1.165) is 44.9 Å². The van der Waals surface area contributed by atoms with Crippen LogP contribution in [-0.4, -0.2) is 17.2 Å². The maximum Gasteiger partial charge on any atom is 0.0721 e. The van der Waals surface area contributed by atoms with Crippen molar-refractivity contribution in [3.63, 3.8) is 0 Å². The molecule has 1 unspecified atom stereocenters. The van der Waals surface area contributed by atoms with Gasteiger partial charge >= 0.3 is 0 Å². The Morgan fingerprint density at radius 3 is 2.09 bits per heavy atom. The van der Waals surface area contributed by atoms with Gasteiger partial charge in [-0.25, -0.2) is 0 Å². The molecule has 0 aliphatic heterocycles. The van der Waals surface area contributed by atoms with Crippen molar-refractivity contribution in [1.82, 2.24) is 0 Å². The van der Waals surface area contributed by atoms with Gasteiger partial charge in [0.1, 0.15) is 0 Å². The first-order valence-electron chi connectivity index (χ1n) is 8.66. The van der Waals surface area contributed by atoms with Crippen LogP contribution in [0.3, 0.4) is 0 Å². The van der Waals surface area contributed by atoms with Crippen molar-refractivity contribution in [2.45, 2.75) is 70.8 Å². The molecule has 23 heavy (non-hydrogen) atoms. The lowest BCUT2D eigenvalue weighted by Gasteiger charge is -2.02. The zero-order valence-electron chi connectivity index (χ0n) is 14.3. The van der Waals surface area contributed by atoms with E-state index >= 15 is 0 Å². The molecule has 0 radical (unpaired) electrons. The summed E-state index contributed by atoms with van der Waals surface area (Å²) in [7, 11) is 0. The smallest absolute Gasteiger partial charge is 0.0721 e. The number of aliphatic hydroxyl groups is 1. The quantitative estimate of drug-likeness (QED) is 0.391.